The summed E-state index contributed by atoms with van der Waals surface area (Å²) < 4.78 is 38.1. The Morgan fingerprint density at radius 3 is 2.57 bits per heavy atom. The van der Waals surface area contributed by atoms with E-state index in [4.69, 9.17) is 9.47 Å². The van der Waals surface area contributed by atoms with Crippen LogP contribution in [0.15, 0.2) is 53.4 Å². The van der Waals surface area contributed by atoms with Crippen molar-refractivity contribution in [1.29, 1.82) is 0 Å². The molecule has 7 nitrogen and oxygen atoms in total. The van der Waals surface area contributed by atoms with Gasteiger partial charge < -0.3 is 14.8 Å². The zero-order valence-corrected chi connectivity index (χ0v) is 16.2. The Balaban J connectivity index is 1.45. The molecule has 4 rings (SSSR count). The van der Waals surface area contributed by atoms with E-state index in [1.54, 1.807) is 48.5 Å². The number of anilines is 1. The number of ether oxygens (including phenoxy) is 2. The second-order valence-electron chi connectivity index (χ2n) is 6.86. The summed E-state index contributed by atoms with van der Waals surface area (Å²) in [5, 5.41) is 2.88. The molecular weight excluding hydrogens is 380 g/mol. The van der Waals surface area contributed by atoms with Crippen molar-refractivity contribution in [3.05, 3.63) is 48.5 Å². The third-order valence-electron chi connectivity index (χ3n) is 4.95. The van der Waals surface area contributed by atoms with Gasteiger partial charge in [-0.15, -0.1) is 0 Å². The molecule has 1 amide bonds. The Morgan fingerprint density at radius 1 is 1.04 bits per heavy atom. The van der Waals surface area contributed by atoms with Gasteiger partial charge in [0.25, 0.3) is 0 Å². The Bertz CT molecular complexity index is 962. The van der Waals surface area contributed by atoms with E-state index in [0.717, 1.165) is 0 Å². The highest BCUT2D eigenvalue weighted by atomic mass is 32.2. The molecule has 2 heterocycles. The molecule has 2 aliphatic heterocycles. The highest BCUT2D eigenvalue weighted by molar-refractivity contribution is 7.89. The fourth-order valence-corrected chi connectivity index (χ4v) is 5.03. The molecule has 1 unspecified atom stereocenters. The number of piperidine rings is 1. The van der Waals surface area contributed by atoms with Gasteiger partial charge in [-0.2, -0.15) is 4.31 Å². The van der Waals surface area contributed by atoms with Gasteiger partial charge in [-0.25, -0.2) is 8.42 Å². The normalized spacial score (nSPS) is 19.8. The summed E-state index contributed by atoms with van der Waals surface area (Å²) in [5.41, 5.74) is 0.609. The molecule has 0 aliphatic carbocycles. The fourth-order valence-electron chi connectivity index (χ4n) is 3.48. The van der Waals surface area contributed by atoms with Gasteiger partial charge in [0, 0.05) is 24.8 Å². The van der Waals surface area contributed by atoms with E-state index in [2.05, 4.69) is 5.32 Å². The number of carbonyl (C=O) groups is 1. The molecule has 2 aliphatic rings. The molecule has 1 atom stereocenters. The van der Waals surface area contributed by atoms with Crippen LogP contribution in [-0.4, -0.2) is 44.9 Å². The SMILES string of the molecule is O=C(Nc1ccc2c(c1)OCCO2)C1CCCN(S(=O)(=O)c2ccccc2)C1. The Labute approximate surface area is 164 Å². The van der Waals surface area contributed by atoms with Crippen LogP contribution in [0.3, 0.4) is 0 Å². The van der Waals surface area contributed by atoms with Crippen LogP contribution in [0.25, 0.3) is 0 Å². The van der Waals surface area contributed by atoms with Gasteiger partial charge in [0.1, 0.15) is 13.2 Å². The molecular formula is C20H22N2O5S. The Kier molecular flexibility index (Phi) is 5.23. The first-order chi connectivity index (χ1) is 13.5. The second kappa shape index (κ2) is 7.81. The molecule has 0 aromatic heterocycles. The molecule has 2 aromatic carbocycles. The van der Waals surface area contributed by atoms with Gasteiger partial charge >= 0.3 is 0 Å². The first kappa shape index (κ1) is 18.8. The average Bonchev–Trinajstić information content (AvgIpc) is 2.74. The molecule has 0 bridgehead atoms. The Morgan fingerprint density at radius 2 is 1.79 bits per heavy atom. The molecule has 1 fully saturated rings. The second-order valence-corrected chi connectivity index (χ2v) is 8.80. The van der Waals surface area contributed by atoms with Crippen molar-refractivity contribution in [2.24, 2.45) is 5.92 Å². The van der Waals surface area contributed by atoms with Crippen LogP contribution in [0.4, 0.5) is 5.69 Å². The third-order valence-corrected chi connectivity index (χ3v) is 6.82. The van der Waals surface area contributed by atoms with Gasteiger partial charge in [0.15, 0.2) is 11.5 Å². The van der Waals surface area contributed by atoms with Gasteiger partial charge in [0.05, 0.1) is 10.8 Å². The average molecular weight is 402 g/mol. The number of benzene rings is 2. The lowest BCUT2D eigenvalue weighted by molar-refractivity contribution is -0.120. The monoisotopic (exact) mass is 402 g/mol. The Hall–Kier alpha value is -2.58. The van der Waals surface area contributed by atoms with Crippen molar-refractivity contribution in [3.8, 4) is 11.5 Å². The first-order valence-corrected chi connectivity index (χ1v) is 10.7. The fraction of sp³-hybridized carbons (Fsp3) is 0.350. The van der Waals surface area contributed by atoms with Crippen molar-refractivity contribution in [3.63, 3.8) is 0 Å². The van der Waals surface area contributed by atoms with Crippen molar-refractivity contribution in [1.82, 2.24) is 4.31 Å². The van der Waals surface area contributed by atoms with Crippen LogP contribution in [0.5, 0.6) is 11.5 Å². The molecule has 148 valence electrons. The van der Waals surface area contributed by atoms with E-state index in [1.165, 1.54) is 4.31 Å². The number of nitrogens with zero attached hydrogens (tertiary/aromatic N) is 1. The third kappa shape index (κ3) is 3.83. The maximum Gasteiger partial charge on any atom is 0.243 e. The van der Waals surface area contributed by atoms with Gasteiger partial charge in [-0.05, 0) is 37.1 Å². The highest BCUT2D eigenvalue weighted by Gasteiger charge is 2.33. The molecule has 0 saturated carbocycles. The lowest BCUT2D eigenvalue weighted by Gasteiger charge is -2.31. The van der Waals surface area contributed by atoms with Crippen LogP contribution in [-0.2, 0) is 14.8 Å². The zero-order chi connectivity index (χ0) is 19.6. The summed E-state index contributed by atoms with van der Waals surface area (Å²) in [6.07, 6.45) is 1.29. The van der Waals surface area contributed by atoms with E-state index >= 15 is 0 Å². The number of fused-ring (bicyclic) bond motifs is 1. The number of rotatable bonds is 4. The van der Waals surface area contributed by atoms with Crippen LogP contribution in [0.1, 0.15) is 12.8 Å². The van der Waals surface area contributed by atoms with E-state index in [0.29, 0.717) is 49.8 Å². The number of amides is 1. The summed E-state index contributed by atoms with van der Waals surface area (Å²) in [5.74, 6) is 0.660. The quantitative estimate of drug-likeness (QED) is 0.849. The van der Waals surface area contributed by atoms with Gasteiger partial charge in [-0.1, -0.05) is 18.2 Å². The zero-order valence-electron chi connectivity index (χ0n) is 15.3. The predicted molar refractivity (Wildman–Crippen MR) is 104 cm³/mol. The minimum absolute atomic E-state index is 0.174. The maximum atomic E-state index is 12.8. The predicted octanol–water partition coefficient (Wildman–Crippen LogP) is 2.50. The maximum absolute atomic E-state index is 12.8. The van der Waals surface area contributed by atoms with E-state index in [-0.39, 0.29) is 17.3 Å². The molecule has 8 heteroatoms. The lowest BCUT2D eigenvalue weighted by Crippen LogP contribution is -2.43. The van der Waals surface area contributed by atoms with E-state index in [9.17, 15) is 13.2 Å². The summed E-state index contributed by atoms with van der Waals surface area (Å²) in [6, 6.07) is 13.6. The van der Waals surface area contributed by atoms with Crippen molar-refractivity contribution in [2.75, 3.05) is 31.6 Å². The van der Waals surface area contributed by atoms with E-state index < -0.39 is 15.9 Å². The largest absolute Gasteiger partial charge is 0.486 e. The number of nitrogens with one attached hydrogen (secondary N) is 1. The number of carbonyl (C=O) groups excluding carboxylic acids is 1. The van der Waals surface area contributed by atoms with Crippen molar-refractivity contribution < 1.29 is 22.7 Å². The topological polar surface area (TPSA) is 84.9 Å². The van der Waals surface area contributed by atoms with E-state index in [1.807, 2.05) is 0 Å². The first-order valence-electron chi connectivity index (χ1n) is 9.30. The minimum atomic E-state index is -3.60. The number of hydrogen-bond donors (Lipinski definition) is 1. The van der Waals surface area contributed by atoms with Crippen LogP contribution in [0, 0.1) is 5.92 Å². The van der Waals surface area contributed by atoms with Gasteiger partial charge in [-0.3, -0.25) is 4.79 Å². The van der Waals surface area contributed by atoms with Crippen LogP contribution < -0.4 is 14.8 Å². The molecule has 0 spiro atoms. The molecule has 2 aromatic rings. The lowest BCUT2D eigenvalue weighted by atomic mass is 9.98. The number of hydrogen-bond acceptors (Lipinski definition) is 5. The van der Waals surface area contributed by atoms with Crippen LogP contribution in [0.2, 0.25) is 0 Å². The minimum Gasteiger partial charge on any atom is -0.486 e. The standard InChI is InChI=1S/C20H22N2O5S/c23-20(21-16-8-9-18-19(13-16)27-12-11-26-18)15-5-4-10-22(14-15)28(24,25)17-6-2-1-3-7-17/h1-3,6-9,13,15H,4-5,10-12,14H2,(H,21,23). The molecule has 1 N–H and O–H groups in total. The summed E-state index contributed by atoms with van der Waals surface area (Å²) >= 11 is 0. The van der Waals surface area contributed by atoms with Crippen LogP contribution >= 0.6 is 0 Å². The smallest absolute Gasteiger partial charge is 0.243 e. The summed E-state index contributed by atoms with van der Waals surface area (Å²) in [4.78, 5) is 13.0. The highest BCUT2D eigenvalue weighted by Crippen LogP contribution is 2.33. The molecule has 0 radical (unpaired) electrons. The van der Waals surface area contributed by atoms with Gasteiger partial charge in [0.2, 0.25) is 15.9 Å². The van der Waals surface area contributed by atoms with Crippen molar-refractivity contribution in [2.45, 2.75) is 17.7 Å². The summed E-state index contributed by atoms with van der Waals surface area (Å²) in [7, 11) is -3.60. The van der Waals surface area contributed by atoms with Crippen molar-refractivity contribution >= 4 is 21.6 Å². The number of sulfonamides is 1. The molecule has 28 heavy (non-hydrogen) atoms. The molecule has 1 saturated heterocycles. The summed E-state index contributed by atoms with van der Waals surface area (Å²) in [6.45, 7) is 1.57.